The molecule has 2 rings (SSSR count). The summed E-state index contributed by atoms with van der Waals surface area (Å²) in [6.45, 7) is 3.49. The summed E-state index contributed by atoms with van der Waals surface area (Å²) in [5.74, 6) is 0.761. The molecule has 0 aliphatic carbocycles. The van der Waals surface area contributed by atoms with Gasteiger partial charge in [-0.25, -0.2) is 0 Å². The Balaban J connectivity index is 1.95. The number of rotatable bonds is 3. The number of nitrogen functional groups attached to an aromatic ring is 1. The molecule has 0 spiro atoms. The number of anilines is 2. The molecule has 1 saturated heterocycles. The molecule has 1 aromatic heterocycles. The molecule has 2 N–H and O–H groups in total. The molecule has 0 radical (unpaired) electrons. The van der Waals surface area contributed by atoms with Crippen molar-refractivity contribution in [3.8, 4) is 0 Å². The molecule has 1 fully saturated rings. The third-order valence-corrected chi connectivity index (χ3v) is 3.21. The van der Waals surface area contributed by atoms with Crippen molar-refractivity contribution in [1.82, 2.24) is 9.88 Å². The molecule has 1 unspecified atom stereocenters. The lowest BCUT2D eigenvalue weighted by Crippen LogP contribution is -2.27. The number of nitrogens with two attached hydrogens (primary N) is 1. The Hall–Kier alpha value is -1.29. The molecule has 1 aliphatic heterocycles. The number of nitrogens with zero attached hydrogens (tertiary/aromatic N) is 3. The minimum absolute atomic E-state index is 0.730. The maximum absolute atomic E-state index is 5.73. The van der Waals surface area contributed by atoms with Crippen molar-refractivity contribution in [2.75, 3.05) is 44.4 Å². The summed E-state index contributed by atoms with van der Waals surface area (Å²) in [5, 5.41) is 0. The molecule has 4 nitrogen and oxygen atoms in total. The first-order valence-electron chi connectivity index (χ1n) is 5.75. The third-order valence-electron chi connectivity index (χ3n) is 3.21. The van der Waals surface area contributed by atoms with Crippen LogP contribution in [0, 0.1) is 5.92 Å². The standard InChI is InChI=1S/C12H20N4/c1-15-4-3-10(8-15)9-16(2)12-5-11(13)6-14-7-12/h5-7,10H,3-4,8-9,13H2,1-2H3. The molecule has 88 valence electrons. The smallest absolute Gasteiger partial charge is 0.0570 e. The number of hydrogen-bond acceptors (Lipinski definition) is 4. The monoisotopic (exact) mass is 220 g/mol. The summed E-state index contributed by atoms with van der Waals surface area (Å²) in [6, 6.07) is 1.98. The van der Waals surface area contributed by atoms with Crippen LogP contribution in [0.4, 0.5) is 11.4 Å². The summed E-state index contributed by atoms with van der Waals surface area (Å²) < 4.78 is 0. The molecule has 1 aliphatic rings. The van der Waals surface area contributed by atoms with Crippen LogP contribution in [-0.2, 0) is 0 Å². The maximum atomic E-state index is 5.73. The average Bonchev–Trinajstić information content (AvgIpc) is 2.64. The average molecular weight is 220 g/mol. The summed E-state index contributed by atoms with van der Waals surface area (Å²) in [5.41, 5.74) is 7.56. The topological polar surface area (TPSA) is 45.4 Å². The lowest BCUT2D eigenvalue weighted by atomic mass is 10.1. The number of hydrogen-bond donors (Lipinski definition) is 1. The molecule has 4 heteroatoms. The van der Waals surface area contributed by atoms with E-state index in [0.717, 1.165) is 23.8 Å². The van der Waals surface area contributed by atoms with Crippen LogP contribution in [0.15, 0.2) is 18.5 Å². The van der Waals surface area contributed by atoms with E-state index in [1.165, 1.54) is 19.5 Å². The van der Waals surface area contributed by atoms with Crippen LogP contribution in [0.2, 0.25) is 0 Å². The van der Waals surface area contributed by atoms with Crippen LogP contribution < -0.4 is 10.6 Å². The first kappa shape index (κ1) is 11.2. The molecule has 0 saturated carbocycles. The molecule has 2 heterocycles. The van der Waals surface area contributed by atoms with Gasteiger partial charge in [-0.1, -0.05) is 0 Å². The van der Waals surface area contributed by atoms with E-state index in [0.29, 0.717) is 0 Å². The number of pyridine rings is 1. The van der Waals surface area contributed by atoms with Crippen LogP contribution in [-0.4, -0.2) is 43.6 Å². The van der Waals surface area contributed by atoms with E-state index in [1.54, 1.807) is 6.20 Å². The summed E-state index contributed by atoms with van der Waals surface area (Å²) in [7, 11) is 4.29. The van der Waals surface area contributed by atoms with Gasteiger partial charge in [-0.05, 0) is 32.0 Å². The lowest BCUT2D eigenvalue weighted by Gasteiger charge is -2.23. The molecular weight excluding hydrogens is 200 g/mol. The highest BCUT2D eigenvalue weighted by molar-refractivity contribution is 5.52. The van der Waals surface area contributed by atoms with E-state index in [1.807, 2.05) is 12.3 Å². The van der Waals surface area contributed by atoms with Gasteiger partial charge < -0.3 is 15.5 Å². The minimum Gasteiger partial charge on any atom is -0.397 e. The van der Waals surface area contributed by atoms with Gasteiger partial charge in [-0.3, -0.25) is 4.98 Å². The molecule has 0 amide bonds. The van der Waals surface area contributed by atoms with Crippen molar-refractivity contribution in [1.29, 1.82) is 0 Å². The predicted molar refractivity (Wildman–Crippen MR) is 67.5 cm³/mol. The van der Waals surface area contributed by atoms with Gasteiger partial charge in [-0.15, -0.1) is 0 Å². The van der Waals surface area contributed by atoms with Gasteiger partial charge in [0.1, 0.15) is 0 Å². The molecule has 0 bridgehead atoms. The van der Waals surface area contributed by atoms with Crippen molar-refractivity contribution in [3.63, 3.8) is 0 Å². The van der Waals surface area contributed by atoms with Gasteiger partial charge in [0.15, 0.2) is 0 Å². The summed E-state index contributed by atoms with van der Waals surface area (Å²) in [4.78, 5) is 8.75. The van der Waals surface area contributed by atoms with E-state index in [2.05, 4.69) is 28.9 Å². The van der Waals surface area contributed by atoms with Gasteiger partial charge in [0.25, 0.3) is 0 Å². The van der Waals surface area contributed by atoms with Gasteiger partial charge in [0.05, 0.1) is 17.6 Å². The summed E-state index contributed by atoms with van der Waals surface area (Å²) in [6.07, 6.45) is 4.84. The Morgan fingerprint density at radius 1 is 1.56 bits per heavy atom. The largest absolute Gasteiger partial charge is 0.397 e. The van der Waals surface area contributed by atoms with Crippen LogP contribution in [0.3, 0.4) is 0 Å². The van der Waals surface area contributed by atoms with Crippen LogP contribution in [0.1, 0.15) is 6.42 Å². The van der Waals surface area contributed by atoms with E-state index in [-0.39, 0.29) is 0 Å². The third kappa shape index (κ3) is 2.64. The fourth-order valence-corrected chi connectivity index (χ4v) is 2.32. The zero-order valence-electron chi connectivity index (χ0n) is 10.1. The highest BCUT2D eigenvalue weighted by atomic mass is 15.2. The van der Waals surface area contributed by atoms with Crippen molar-refractivity contribution in [2.45, 2.75) is 6.42 Å². The van der Waals surface area contributed by atoms with E-state index >= 15 is 0 Å². The Bertz CT molecular complexity index is 353. The van der Waals surface area contributed by atoms with E-state index in [4.69, 9.17) is 5.73 Å². The summed E-state index contributed by atoms with van der Waals surface area (Å²) >= 11 is 0. The Labute approximate surface area is 97.1 Å². The predicted octanol–water partition coefficient (Wildman–Crippen LogP) is 1.05. The Morgan fingerprint density at radius 2 is 2.38 bits per heavy atom. The number of aromatic nitrogens is 1. The first-order valence-corrected chi connectivity index (χ1v) is 5.75. The normalized spacial score (nSPS) is 21.2. The van der Waals surface area contributed by atoms with Crippen molar-refractivity contribution in [2.24, 2.45) is 5.92 Å². The van der Waals surface area contributed by atoms with Gasteiger partial charge in [0, 0.05) is 26.3 Å². The Kier molecular flexibility index (Phi) is 3.29. The van der Waals surface area contributed by atoms with Crippen molar-refractivity contribution < 1.29 is 0 Å². The zero-order chi connectivity index (χ0) is 11.5. The van der Waals surface area contributed by atoms with E-state index in [9.17, 15) is 0 Å². The maximum Gasteiger partial charge on any atom is 0.0570 e. The van der Waals surface area contributed by atoms with Gasteiger partial charge in [0.2, 0.25) is 0 Å². The van der Waals surface area contributed by atoms with Crippen LogP contribution in [0.5, 0.6) is 0 Å². The quantitative estimate of drug-likeness (QED) is 0.827. The lowest BCUT2D eigenvalue weighted by molar-refractivity contribution is 0.396. The molecule has 0 aromatic carbocycles. The second-order valence-corrected chi connectivity index (χ2v) is 4.77. The van der Waals surface area contributed by atoms with Crippen molar-refractivity contribution >= 4 is 11.4 Å². The fourth-order valence-electron chi connectivity index (χ4n) is 2.32. The number of likely N-dealkylation sites (tertiary alicyclic amines) is 1. The highest BCUT2D eigenvalue weighted by Crippen LogP contribution is 2.20. The second-order valence-electron chi connectivity index (χ2n) is 4.77. The Morgan fingerprint density at radius 3 is 3.00 bits per heavy atom. The van der Waals surface area contributed by atoms with Crippen LogP contribution in [0.25, 0.3) is 0 Å². The highest BCUT2D eigenvalue weighted by Gasteiger charge is 2.20. The van der Waals surface area contributed by atoms with Gasteiger partial charge in [-0.2, -0.15) is 0 Å². The van der Waals surface area contributed by atoms with Gasteiger partial charge >= 0.3 is 0 Å². The molecule has 1 aromatic rings. The fraction of sp³-hybridized carbons (Fsp3) is 0.583. The minimum atomic E-state index is 0.730. The first-order chi connectivity index (χ1) is 7.65. The van der Waals surface area contributed by atoms with Crippen LogP contribution >= 0.6 is 0 Å². The van der Waals surface area contributed by atoms with Crippen molar-refractivity contribution in [3.05, 3.63) is 18.5 Å². The second kappa shape index (κ2) is 4.70. The molecular formula is C12H20N4. The van der Waals surface area contributed by atoms with E-state index < -0.39 is 0 Å². The molecule has 1 atom stereocenters. The molecule has 16 heavy (non-hydrogen) atoms. The SMILES string of the molecule is CN1CCC(CN(C)c2cncc(N)c2)C1. The zero-order valence-corrected chi connectivity index (χ0v) is 10.1.